The first-order chi connectivity index (χ1) is 13.7. The fraction of sp³-hybridized carbons (Fsp3) is 0.692. The van der Waals surface area contributed by atoms with Gasteiger partial charge in [0.05, 0.1) is 6.61 Å². The van der Waals surface area contributed by atoms with Crippen LogP contribution in [0.3, 0.4) is 0 Å². The lowest BCUT2D eigenvalue weighted by molar-refractivity contribution is 0.131. The molecule has 0 unspecified atom stereocenters. The minimum Gasteiger partial charge on any atom is -0.377 e. The summed E-state index contributed by atoms with van der Waals surface area (Å²) < 4.78 is 19.7. The Balaban J connectivity index is 1.45. The minimum atomic E-state index is -0.0949. The maximum Gasteiger partial charge on any atom is 0.129 e. The van der Waals surface area contributed by atoms with E-state index >= 15 is 0 Å². The van der Waals surface area contributed by atoms with E-state index < -0.39 is 0 Å². The van der Waals surface area contributed by atoms with Crippen molar-refractivity contribution in [3.63, 3.8) is 0 Å². The second kappa shape index (κ2) is 11.1. The zero-order chi connectivity index (χ0) is 19.8. The molecular formula is C26H39FO. The van der Waals surface area contributed by atoms with Gasteiger partial charge in [0.15, 0.2) is 0 Å². The van der Waals surface area contributed by atoms with Crippen LogP contribution in [-0.2, 0) is 11.3 Å². The molecular weight excluding hydrogens is 347 g/mol. The van der Waals surface area contributed by atoms with Gasteiger partial charge in [0.2, 0.25) is 0 Å². The fourth-order valence-electron chi connectivity index (χ4n) is 5.33. The summed E-state index contributed by atoms with van der Waals surface area (Å²) in [4.78, 5) is 0. The molecule has 2 fully saturated rings. The predicted octanol–water partition coefficient (Wildman–Crippen LogP) is 7.80. The van der Waals surface area contributed by atoms with Gasteiger partial charge in [0, 0.05) is 12.2 Å². The molecule has 2 aliphatic carbocycles. The number of ether oxygens (including phenoxy) is 1. The molecule has 0 saturated heterocycles. The molecule has 1 aromatic rings. The van der Waals surface area contributed by atoms with E-state index in [9.17, 15) is 4.39 Å². The van der Waals surface area contributed by atoms with Gasteiger partial charge in [-0.25, -0.2) is 4.39 Å². The molecule has 0 atom stereocenters. The second-order valence-corrected chi connectivity index (χ2v) is 8.99. The Morgan fingerprint density at radius 2 is 1.64 bits per heavy atom. The third-order valence-corrected chi connectivity index (χ3v) is 7.13. The highest BCUT2D eigenvalue weighted by Gasteiger charge is 2.30. The van der Waals surface area contributed by atoms with Crippen LogP contribution in [-0.4, -0.2) is 6.61 Å². The molecule has 1 nitrogen and oxygen atoms in total. The van der Waals surface area contributed by atoms with Gasteiger partial charge in [-0.3, -0.25) is 0 Å². The van der Waals surface area contributed by atoms with E-state index in [0.29, 0.717) is 24.7 Å². The number of benzene rings is 1. The topological polar surface area (TPSA) is 9.23 Å². The molecule has 0 bridgehead atoms. The van der Waals surface area contributed by atoms with E-state index in [-0.39, 0.29) is 5.82 Å². The van der Waals surface area contributed by atoms with Gasteiger partial charge in [-0.2, -0.15) is 0 Å². The largest absolute Gasteiger partial charge is 0.377 e. The third-order valence-electron chi connectivity index (χ3n) is 7.13. The molecule has 0 amide bonds. The highest BCUT2D eigenvalue weighted by molar-refractivity contribution is 5.27. The number of allylic oxidation sites excluding steroid dienone is 2. The SMILES string of the molecule is CCC/C=C/[C@H]1CC[C@H](C2CCC(c3ccc(COCC)c(F)c3)CC2)CC1. The molecule has 0 radical (unpaired) electrons. The maximum absolute atomic E-state index is 14.4. The van der Waals surface area contributed by atoms with Crippen LogP contribution in [0.4, 0.5) is 4.39 Å². The molecule has 0 spiro atoms. The van der Waals surface area contributed by atoms with Gasteiger partial charge in [-0.1, -0.05) is 37.6 Å². The first-order valence-electron chi connectivity index (χ1n) is 11.7. The molecule has 0 heterocycles. The van der Waals surface area contributed by atoms with Crippen molar-refractivity contribution in [2.45, 2.75) is 90.6 Å². The average Bonchev–Trinajstić information content (AvgIpc) is 2.74. The van der Waals surface area contributed by atoms with Crippen LogP contribution in [0.25, 0.3) is 0 Å². The van der Waals surface area contributed by atoms with Crippen LogP contribution >= 0.6 is 0 Å². The molecule has 0 aliphatic heterocycles. The standard InChI is InChI=1S/C26H39FO/c1-3-5-6-7-20-8-10-21(11-9-20)22-12-14-23(15-13-22)24-16-17-25(19-28-4-2)26(27)18-24/h6-7,16-18,20-23H,3-5,8-15,19H2,1-2H3/b7-6+/t20-,21-,22?,23?. The van der Waals surface area contributed by atoms with E-state index in [1.54, 1.807) is 6.07 Å². The summed E-state index contributed by atoms with van der Waals surface area (Å²) in [6.07, 6.45) is 18.1. The van der Waals surface area contributed by atoms with Crippen molar-refractivity contribution in [2.75, 3.05) is 6.61 Å². The van der Waals surface area contributed by atoms with Crippen molar-refractivity contribution in [1.82, 2.24) is 0 Å². The van der Waals surface area contributed by atoms with Crippen molar-refractivity contribution < 1.29 is 9.13 Å². The Hall–Kier alpha value is -1.15. The van der Waals surface area contributed by atoms with Gasteiger partial charge < -0.3 is 4.74 Å². The van der Waals surface area contributed by atoms with Gasteiger partial charge in [0.1, 0.15) is 5.82 Å². The predicted molar refractivity (Wildman–Crippen MR) is 116 cm³/mol. The number of unbranched alkanes of at least 4 members (excludes halogenated alkanes) is 1. The highest BCUT2D eigenvalue weighted by atomic mass is 19.1. The smallest absolute Gasteiger partial charge is 0.129 e. The normalized spacial score (nSPS) is 28.7. The Morgan fingerprint density at radius 3 is 2.25 bits per heavy atom. The van der Waals surface area contributed by atoms with E-state index in [2.05, 4.69) is 25.1 Å². The summed E-state index contributed by atoms with van der Waals surface area (Å²) >= 11 is 0. The van der Waals surface area contributed by atoms with Crippen LogP contribution < -0.4 is 0 Å². The number of hydrogen-bond donors (Lipinski definition) is 0. The molecule has 3 rings (SSSR count). The summed E-state index contributed by atoms with van der Waals surface area (Å²) in [5, 5.41) is 0. The Morgan fingerprint density at radius 1 is 0.964 bits per heavy atom. The lowest BCUT2D eigenvalue weighted by Gasteiger charge is -2.37. The van der Waals surface area contributed by atoms with E-state index in [1.165, 1.54) is 69.8 Å². The van der Waals surface area contributed by atoms with Crippen LogP contribution in [0.2, 0.25) is 0 Å². The third kappa shape index (κ3) is 5.92. The van der Waals surface area contributed by atoms with Crippen LogP contribution in [0.1, 0.15) is 95.1 Å². The molecule has 0 N–H and O–H groups in total. The van der Waals surface area contributed by atoms with Crippen molar-refractivity contribution in [3.8, 4) is 0 Å². The Bertz CT molecular complexity index is 607. The molecule has 0 aromatic heterocycles. The van der Waals surface area contributed by atoms with Crippen molar-refractivity contribution >= 4 is 0 Å². The van der Waals surface area contributed by atoms with E-state index in [1.807, 2.05) is 13.0 Å². The van der Waals surface area contributed by atoms with Crippen LogP contribution in [0.5, 0.6) is 0 Å². The molecule has 2 saturated carbocycles. The van der Waals surface area contributed by atoms with Crippen molar-refractivity contribution in [1.29, 1.82) is 0 Å². The van der Waals surface area contributed by atoms with Crippen molar-refractivity contribution in [3.05, 3.63) is 47.3 Å². The summed E-state index contributed by atoms with van der Waals surface area (Å²) in [6, 6.07) is 5.84. The fourth-order valence-corrected chi connectivity index (χ4v) is 5.33. The molecule has 2 heteroatoms. The zero-order valence-electron chi connectivity index (χ0n) is 18.0. The second-order valence-electron chi connectivity index (χ2n) is 8.99. The summed E-state index contributed by atoms with van der Waals surface area (Å²) in [5.41, 5.74) is 1.88. The summed E-state index contributed by atoms with van der Waals surface area (Å²) in [7, 11) is 0. The summed E-state index contributed by atoms with van der Waals surface area (Å²) in [5.74, 6) is 3.11. The molecule has 1 aromatic carbocycles. The molecule has 156 valence electrons. The van der Waals surface area contributed by atoms with Crippen LogP contribution in [0, 0.1) is 23.6 Å². The molecule has 2 aliphatic rings. The Kier molecular flexibility index (Phi) is 8.58. The zero-order valence-corrected chi connectivity index (χ0v) is 18.0. The number of rotatable bonds is 8. The van der Waals surface area contributed by atoms with Gasteiger partial charge in [0.25, 0.3) is 0 Å². The lowest BCUT2D eigenvalue weighted by Crippen LogP contribution is -2.25. The van der Waals surface area contributed by atoms with Gasteiger partial charge in [-0.15, -0.1) is 0 Å². The Labute approximate surface area is 171 Å². The maximum atomic E-state index is 14.4. The van der Waals surface area contributed by atoms with Gasteiger partial charge in [-0.05, 0) is 100 Å². The minimum absolute atomic E-state index is 0.0949. The number of hydrogen-bond acceptors (Lipinski definition) is 1. The summed E-state index contributed by atoms with van der Waals surface area (Å²) in [6.45, 7) is 5.20. The first kappa shape index (κ1) is 21.6. The lowest BCUT2D eigenvalue weighted by atomic mass is 9.68. The van der Waals surface area contributed by atoms with Crippen LogP contribution in [0.15, 0.2) is 30.4 Å². The van der Waals surface area contributed by atoms with E-state index in [0.717, 1.165) is 17.8 Å². The monoisotopic (exact) mass is 386 g/mol. The first-order valence-corrected chi connectivity index (χ1v) is 11.7. The quantitative estimate of drug-likeness (QED) is 0.414. The van der Waals surface area contributed by atoms with E-state index in [4.69, 9.17) is 4.74 Å². The number of halogens is 1. The molecule has 28 heavy (non-hydrogen) atoms. The van der Waals surface area contributed by atoms with Crippen molar-refractivity contribution in [2.24, 2.45) is 17.8 Å². The highest BCUT2D eigenvalue weighted by Crippen LogP contribution is 2.44. The average molecular weight is 387 g/mol. The van der Waals surface area contributed by atoms with Gasteiger partial charge >= 0.3 is 0 Å².